The zero-order chi connectivity index (χ0) is 27.3. The number of morpholine rings is 1. The number of benzene rings is 1. The van der Waals surface area contributed by atoms with Gasteiger partial charge in [-0.25, -0.2) is 4.68 Å². The molecule has 3 aromatic heterocycles. The summed E-state index contributed by atoms with van der Waals surface area (Å²) >= 11 is 0. The van der Waals surface area contributed by atoms with Crippen molar-refractivity contribution in [3.63, 3.8) is 0 Å². The molecule has 1 aromatic carbocycles. The number of aromatic amines is 1. The van der Waals surface area contributed by atoms with Gasteiger partial charge in [-0.2, -0.15) is 0 Å². The van der Waals surface area contributed by atoms with E-state index in [1.165, 1.54) is 0 Å². The van der Waals surface area contributed by atoms with E-state index < -0.39 is 0 Å². The molecule has 1 fully saturated rings. The van der Waals surface area contributed by atoms with E-state index in [0.29, 0.717) is 43.4 Å². The van der Waals surface area contributed by atoms with Gasteiger partial charge < -0.3 is 23.6 Å². The van der Waals surface area contributed by atoms with Gasteiger partial charge in [0.25, 0.3) is 5.56 Å². The first-order valence-corrected chi connectivity index (χ1v) is 14.0. The molecule has 5 heterocycles. The van der Waals surface area contributed by atoms with Crippen LogP contribution in [0.4, 0.5) is 0 Å². The Kier molecular flexibility index (Phi) is 8.07. The van der Waals surface area contributed by atoms with Crippen molar-refractivity contribution < 1.29 is 18.6 Å². The minimum atomic E-state index is -0.119. The van der Waals surface area contributed by atoms with Crippen LogP contribution in [0.3, 0.4) is 0 Å². The number of nitrogens with zero attached hydrogens (tertiary/aromatic N) is 6. The van der Waals surface area contributed by atoms with Gasteiger partial charge in [-0.15, -0.1) is 5.10 Å². The van der Waals surface area contributed by atoms with Crippen LogP contribution in [-0.2, 0) is 17.8 Å². The number of hydrogen-bond donors (Lipinski definition) is 1. The fourth-order valence-electron chi connectivity index (χ4n) is 5.43. The van der Waals surface area contributed by atoms with Crippen LogP contribution in [0.5, 0.6) is 11.5 Å². The number of furan rings is 1. The van der Waals surface area contributed by atoms with E-state index in [0.717, 1.165) is 74.7 Å². The Balaban J connectivity index is 1.32. The first kappa shape index (κ1) is 26.5. The van der Waals surface area contributed by atoms with Crippen molar-refractivity contribution in [3.05, 3.63) is 64.1 Å². The van der Waals surface area contributed by atoms with E-state index in [2.05, 4.69) is 37.2 Å². The van der Waals surface area contributed by atoms with E-state index >= 15 is 0 Å². The SMILES string of the molecule is CCCC(c1nnnn1Cc1ccco1)N(CCN1CCOCC1)Cc1cc2cc3c(cc2[nH]c1=O)OCCO3. The number of hydrogen-bond acceptors (Lipinski definition) is 10. The lowest BCUT2D eigenvalue weighted by molar-refractivity contribution is 0.0289. The van der Waals surface area contributed by atoms with Crippen molar-refractivity contribution in [3.8, 4) is 11.5 Å². The average molecular weight is 550 g/mol. The van der Waals surface area contributed by atoms with Gasteiger partial charge in [0.2, 0.25) is 0 Å². The summed E-state index contributed by atoms with van der Waals surface area (Å²) in [5, 5.41) is 13.7. The van der Waals surface area contributed by atoms with Crippen LogP contribution in [0.2, 0.25) is 0 Å². The van der Waals surface area contributed by atoms with Crippen LogP contribution in [0.1, 0.15) is 43.0 Å². The molecule has 0 aliphatic carbocycles. The molecule has 12 nitrogen and oxygen atoms in total. The van der Waals surface area contributed by atoms with Crippen LogP contribution in [0, 0.1) is 0 Å². The van der Waals surface area contributed by atoms with Crippen molar-refractivity contribution in [1.82, 2.24) is 35.0 Å². The van der Waals surface area contributed by atoms with E-state index in [1.54, 1.807) is 10.9 Å². The first-order chi connectivity index (χ1) is 19.7. The summed E-state index contributed by atoms with van der Waals surface area (Å²) < 4.78 is 24.4. The first-order valence-electron chi connectivity index (χ1n) is 14.0. The van der Waals surface area contributed by atoms with Gasteiger partial charge in [-0.1, -0.05) is 13.3 Å². The van der Waals surface area contributed by atoms with Gasteiger partial charge in [0.15, 0.2) is 17.3 Å². The van der Waals surface area contributed by atoms with Crippen molar-refractivity contribution >= 4 is 10.9 Å². The largest absolute Gasteiger partial charge is 0.486 e. The predicted octanol–water partition coefficient (Wildman–Crippen LogP) is 2.60. The summed E-state index contributed by atoms with van der Waals surface area (Å²) in [5.74, 6) is 2.89. The third-order valence-electron chi connectivity index (χ3n) is 7.51. The third-order valence-corrected chi connectivity index (χ3v) is 7.51. The summed E-state index contributed by atoms with van der Waals surface area (Å²) in [6, 6.07) is 9.42. The van der Waals surface area contributed by atoms with E-state index in [-0.39, 0.29) is 11.6 Å². The second kappa shape index (κ2) is 12.2. The van der Waals surface area contributed by atoms with Crippen molar-refractivity contribution in [2.24, 2.45) is 0 Å². The highest BCUT2D eigenvalue weighted by molar-refractivity contribution is 5.83. The number of pyridine rings is 1. The predicted molar refractivity (Wildman–Crippen MR) is 147 cm³/mol. The maximum absolute atomic E-state index is 13.3. The number of nitrogens with one attached hydrogen (secondary N) is 1. The number of fused-ring (bicyclic) bond motifs is 2. The monoisotopic (exact) mass is 549 g/mol. The molecule has 6 rings (SSSR count). The lowest BCUT2D eigenvalue weighted by Gasteiger charge is -2.34. The molecule has 0 spiro atoms. The molecule has 1 unspecified atom stereocenters. The Morgan fingerprint density at radius 1 is 1.10 bits per heavy atom. The molecule has 2 aliphatic heterocycles. The second-order valence-electron chi connectivity index (χ2n) is 10.2. The number of ether oxygens (including phenoxy) is 3. The van der Waals surface area contributed by atoms with Crippen LogP contribution in [0.15, 0.2) is 45.8 Å². The van der Waals surface area contributed by atoms with E-state index in [9.17, 15) is 4.79 Å². The molecule has 40 heavy (non-hydrogen) atoms. The molecule has 0 radical (unpaired) electrons. The van der Waals surface area contributed by atoms with Gasteiger partial charge in [0.05, 0.1) is 31.0 Å². The van der Waals surface area contributed by atoms with Crippen LogP contribution < -0.4 is 15.0 Å². The molecule has 1 N–H and O–H groups in total. The molecule has 1 saturated heterocycles. The molecule has 0 amide bonds. The topological polar surface area (TPSA) is 124 Å². The molecule has 212 valence electrons. The highest BCUT2D eigenvalue weighted by Gasteiger charge is 2.28. The maximum Gasteiger partial charge on any atom is 0.252 e. The van der Waals surface area contributed by atoms with Crippen molar-refractivity contribution in [2.75, 3.05) is 52.6 Å². The molecule has 1 atom stereocenters. The quantitative estimate of drug-likeness (QED) is 0.299. The van der Waals surface area contributed by atoms with Gasteiger partial charge in [-0.3, -0.25) is 14.6 Å². The highest BCUT2D eigenvalue weighted by Crippen LogP contribution is 2.34. The highest BCUT2D eigenvalue weighted by atomic mass is 16.6. The zero-order valence-corrected chi connectivity index (χ0v) is 22.8. The number of rotatable bonds is 11. The Morgan fingerprint density at radius 3 is 2.70 bits per heavy atom. The van der Waals surface area contributed by atoms with Crippen LogP contribution in [-0.4, -0.2) is 87.6 Å². The Labute approximate surface area is 231 Å². The fourth-order valence-corrected chi connectivity index (χ4v) is 5.43. The second-order valence-corrected chi connectivity index (χ2v) is 10.2. The minimum Gasteiger partial charge on any atom is -0.486 e. The van der Waals surface area contributed by atoms with Gasteiger partial charge in [0, 0.05) is 49.7 Å². The van der Waals surface area contributed by atoms with Gasteiger partial charge in [0.1, 0.15) is 25.5 Å². The summed E-state index contributed by atoms with van der Waals surface area (Å²) in [4.78, 5) is 21.1. The molecule has 0 saturated carbocycles. The smallest absolute Gasteiger partial charge is 0.252 e. The zero-order valence-electron chi connectivity index (χ0n) is 22.8. The molecule has 4 aromatic rings. The molecular formula is C28H35N7O5. The summed E-state index contributed by atoms with van der Waals surface area (Å²) in [6.45, 7) is 8.91. The Bertz CT molecular complexity index is 1460. The van der Waals surface area contributed by atoms with Crippen molar-refractivity contribution in [2.45, 2.75) is 38.9 Å². The summed E-state index contributed by atoms with van der Waals surface area (Å²) in [7, 11) is 0. The fraction of sp³-hybridized carbons (Fsp3) is 0.500. The molecule has 2 aliphatic rings. The standard InChI is InChI=1S/C28H35N7O5/c1-2-4-24(27-30-31-32-35(27)19-22-5-3-10-38-22)34(7-6-33-8-11-37-12-9-33)18-21-15-20-16-25-26(40-14-13-39-25)17-23(20)29-28(21)36/h3,5,10,15-17,24H,2,4,6-9,11-14,18-19H2,1H3,(H,29,36). The molecule has 12 heteroatoms. The summed E-state index contributed by atoms with van der Waals surface area (Å²) in [5.41, 5.74) is 1.29. The Morgan fingerprint density at radius 2 is 1.93 bits per heavy atom. The van der Waals surface area contributed by atoms with E-state index in [1.807, 2.05) is 30.3 Å². The summed E-state index contributed by atoms with van der Waals surface area (Å²) in [6.07, 6.45) is 3.42. The van der Waals surface area contributed by atoms with Crippen LogP contribution >= 0.6 is 0 Å². The van der Waals surface area contributed by atoms with Gasteiger partial charge in [-0.05, 0) is 41.1 Å². The lowest BCUT2D eigenvalue weighted by Crippen LogP contribution is -2.43. The minimum absolute atomic E-state index is 0.0913. The molecular weight excluding hydrogens is 514 g/mol. The lowest BCUT2D eigenvalue weighted by atomic mass is 10.1. The van der Waals surface area contributed by atoms with Crippen molar-refractivity contribution in [1.29, 1.82) is 0 Å². The van der Waals surface area contributed by atoms with Gasteiger partial charge >= 0.3 is 0 Å². The van der Waals surface area contributed by atoms with Crippen LogP contribution in [0.25, 0.3) is 10.9 Å². The number of H-pyrrole nitrogens is 1. The molecule has 0 bridgehead atoms. The Hall–Kier alpha value is -3.74. The number of tetrazole rings is 1. The van der Waals surface area contributed by atoms with E-state index in [4.69, 9.17) is 18.6 Å². The average Bonchev–Trinajstić information content (AvgIpc) is 3.66. The third kappa shape index (κ3) is 5.88. The normalized spacial score (nSPS) is 16.6. The maximum atomic E-state index is 13.3. The number of aromatic nitrogens is 5.